The third-order valence-corrected chi connectivity index (χ3v) is 1.69. The third kappa shape index (κ3) is 3.54. The second kappa shape index (κ2) is 4.93. The highest BCUT2D eigenvalue weighted by atomic mass is 19.3. The molecule has 96 valence electrons. The minimum Gasteiger partial charge on any atom is -0.477 e. The lowest BCUT2D eigenvalue weighted by Crippen LogP contribution is -2.39. The quantitative estimate of drug-likeness (QED) is 0.635. The molecule has 0 radical (unpaired) electrons. The van der Waals surface area contributed by atoms with E-state index in [0.29, 0.717) is 0 Å². The summed E-state index contributed by atoms with van der Waals surface area (Å²) in [7, 11) is 0. The van der Waals surface area contributed by atoms with Crippen molar-refractivity contribution in [1.82, 2.24) is 10.9 Å². The van der Waals surface area contributed by atoms with Gasteiger partial charge in [-0.25, -0.2) is 13.6 Å². The fourth-order valence-corrected chi connectivity index (χ4v) is 0.817. The van der Waals surface area contributed by atoms with E-state index in [1.807, 2.05) is 0 Å². The Bertz CT molecular complexity index is 368. The minimum atomic E-state index is -4.26. The Labute approximate surface area is 92.7 Å². The second-order valence-electron chi connectivity index (χ2n) is 3.02. The van der Waals surface area contributed by atoms with Crippen LogP contribution in [-0.2, 0) is 9.53 Å². The molecule has 17 heavy (non-hydrogen) atoms. The molecule has 1 aliphatic heterocycles. The molecule has 0 amide bonds. The molecule has 0 atom stereocenters. The molecule has 0 unspecified atom stereocenters. The highest BCUT2D eigenvalue weighted by molar-refractivity contribution is 5.86. The zero-order chi connectivity index (χ0) is 13.1. The van der Waals surface area contributed by atoms with Crippen LogP contribution in [-0.4, -0.2) is 30.0 Å². The van der Waals surface area contributed by atoms with Gasteiger partial charge in [0.2, 0.25) is 5.88 Å². The highest BCUT2D eigenvalue weighted by Crippen LogP contribution is 2.23. The van der Waals surface area contributed by atoms with Crippen LogP contribution in [0.5, 0.6) is 0 Å². The molecule has 5 nitrogen and oxygen atoms in total. The van der Waals surface area contributed by atoms with E-state index in [0.717, 1.165) is 12.2 Å². The number of hydrazine groups is 1. The summed E-state index contributed by atoms with van der Waals surface area (Å²) in [6, 6.07) is 0. The molecule has 3 N–H and O–H groups in total. The average Bonchev–Trinajstić information content (AvgIpc) is 2.27. The molecule has 0 aromatic rings. The monoisotopic (exact) mass is 256 g/mol. The van der Waals surface area contributed by atoms with Crippen molar-refractivity contribution < 1.29 is 32.2 Å². The zero-order valence-electron chi connectivity index (χ0n) is 8.21. The van der Waals surface area contributed by atoms with Crippen LogP contribution in [0, 0.1) is 0 Å². The number of aliphatic carboxylic acids is 1. The van der Waals surface area contributed by atoms with Crippen molar-refractivity contribution in [1.29, 1.82) is 0 Å². The molecule has 1 rings (SSSR count). The molecule has 0 spiro atoms. The Kier molecular flexibility index (Phi) is 3.81. The Hall–Kier alpha value is -1.93. The molecule has 0 saturated carbocycles. The summed E-state index contributed by atoms with van der Waals surface area (Å²) in [6.07, 6.45) is -1.76. The van der Waals surface area contributed by atoms with Gasteiger partial charge in [-0.3, -0.25) is 10.9 Å². The fourth-order valence-electron chi connectivity index (χ4n) is 0.817. The Morgan fingerprint density at radius 2 is 2.06 bits per heavy atom. The molecule has 1 heterocycles. The molecule has 1 aliphatic rings. The van der Waals surface area contributed by atoms with Gasteiger partial charge in [-0.05, 0) is 6.08 Å². The highest BCUT2D eigenvalue weighted by Gasteiger charge is 2.42. The number of allylic oxidation sites excluding steroid dienone is 2. The number of carboxylic acid groups (broad SMARTS) is 1. The standard InChI is InChI=1S/C8H8F4N2O3/c9-7(10)8(11,12)3-17-5-2-1-4(6(15)16)13-14-5/h1-2,7,13-14H,3H2,(H,15,16). The lowest BCUT2D eigenvalue weighted by atomic mass is 10.3. The van der Waals surface area contributed by atoms with Crippen molar-refractivity contribution in [2.24, 2.45) is 0 Å². The first-order valence-corrected chi connectivity index (χ1v) is 4.29. The summed E-state index contributed by atoms with van der Waals surface area (Å²) in [5, 5.41) is 8.50. The van der Waals surface area contributed by atoms with E-state index in [9.17, 15) is 22.4 Å². The molecular weight excluding hydrogens is 248 g/mol. The van der Waals surface area contributed by atoms with Crippen molar-refractivity contribution in [3.63, 3.8) is 0 Å². The normalized spacial score (nSPS) is 15.6. The SMILES string of the molecule is O=C(O)C1=CC=C(OCC(F)(F)C(F)F)NN1. The van der Waals surface area contributed by atoms with Crippen molar-refractivity contribution >= 4 is 5.97 Å². The van der Waals surface area contributed by atoms with Gasteiger partial charge >= 0.3 is 18.3 Å². The summed E-state index contributed by atoms with van der Waals surface area (Å²) in [6.45, 7) is -1.51. The van der Waals surface area contributed by atoms with Crippen LogP contribution in [0.1, 0.15) is 0 Å². The van der Waals surface area contributed by atoms with Crippen LogP contribution in [0.25, 0.3) is 0 Å². The van der Waals surface area contributed by atoms with Crippen molar-refractivity contribution in [2.75, 3.05) is 6.61 Å². The van der Waals surface area contributed by atoms with Crippen LogP contribution >= 0.6 is 0 Å². The van der Waals surface area contributed by atoms with Gasteiger partial charge in [0.05, 0.1) is 0 Å². The number of hydrogen-bond donors (Lipinski definition) is 3. The van der Waals surface area contributed by atoms with E-state index >= 15 is 0 Å². The maximum absolute atomic E-state index is 12.4. The smallest absolute Gasteiger partial charge is 0.353 e. The number of nitrogens with one attached hydrogen (secondary N) is 2. The molecule has 0 bridgehead atoms. The summed E-state index contributed by atoms with van der Waals surface area (Å²) in [5.74, 6) is -5.82. The van der Waals surface area contributed by atoms with E-state index < -0.39 is 24.9 Å². The van der Waals surface area contributed by atoms with Crippen LogP contribution in [0.15, 0.2) is 23.7 Å². The van der Waals surface area contributed by atoms with E-state index in [-0.39, 0.29) is 11.6 Å². The predicted molar refractivity (Wildman–Crippen MR) is 47.0 cm³/mol. The number of rotatable bonds is 5. The Morgan fingerprint density at radius 1 is 1.41 bits per heavy atom. The first kappa shape index (κ1) is 13.1. The van der Waals surface area contributed by atoms with Crippen molar-refractivity contribution in [3.8, 4) is 0 Å². The molecule has 0 saturated heterocycles. The maximum Gasteiger partial charge on any atom is 0.353 e. The van der Waals surface area contributed by atoms with Crippen molar-refractivity contribution in [2.45, 2.75) is 12.3 Å². The molecule has 0 aliphatic carbocycles. The number of ether oxygens (including phenoxy) is 1. The van der Waals surface area contributed by atoms with Gasteiger partial charge in [0.15, 0.2) is 6.61 Å². The van der Waals surface area contributed by atoms with Crippen LogP contribution in [0.2, 0.25) is 0 Å². The number of halogens is 4. The summed E-state index contributed by atoms with van der Waals surface area (Å²) in [5.41, 5.74) is 4.01. The van der Waals surface area contributed by atoms with Crippen LogP contribution in [0.3, 0.4) is 0 Å². The van der Waals surface area contributed by atoms with Crippen LogP contribution < -0.4 is 10.9 Å². The van der Waals surface area contributed by atoms with Crippen LogP contribution in [0.4, 0.5) is 17.6 Å². The van der Waals surface area contributed by atoms with E-state index in [4.69, 9.17) is 5.11 Å². The lowest BCUT2D eigenvalue weighted by molar-refractivity contribution is -0.159. The summed E-state index contributed by atoms with van der Waals surface area (Å²) in [4.78, 5) is 10.4. The van der Waals surface area contributed by atoms with E-state index in [1.54, 1.807) is 0 Å². The van der Waals surface area contributed by atoms with Gasteiger partial charge in [-0.1, -0.05) is 0 Å². The topological polar surface area (TPSA) is 70.6 Å². The van der Waals surface area contributed by atoms with Gasteiger partial charge in [-0.15, -0.1) is 0 Å². The van der Waals surface area contributed by atoms with Crippen molar-refractivity contribution in [3.05, 3.63) is 23.7 Å². The third-order valence-electron chi connectivity index (χ3n) is 1.69. The van der Waals surface area contributed by atoms with Gasteiger partial charge in [-0.2, -0.15) is 8.78 Å². The molecule has 0 fully saturated rings. The lowest BCUT2D eigenvalue weighted by Gasteiger charge is -2.20. The molecule has 0 aromatic heterocycles. The maximum atomic E-state index is 12.4. The van der Waals surface area contributed by atoms with Gasteiger partial charge in [0.25, 0.3) is 0 Å². The summed E-state index contributed by atoms with van der Waals surface area (Å²) >= 11 is 0. The zero-order valence-corrected chi connectivity index (χ0v) is 8.21. The average molecular weight is 256 g/mol. The van der Waals surface area contributed by atoms with E-state index in [1.165, 1.54) is 0 Å². The fraction of sp³-hybridized carbons (Fsp3) is 0.375. The molecular formula is C8H8F4N2O3. The largest absolute Gasteiger partial charge is 0.477 e. The summed E-state index contributed by atoms with van der Waals surface area (Å²) < 4.78 is 52.8. The van der Waals surface area contributed by atoms with E-state index in [2.05, 4.69) is 15.6 Å². The predicted octanol–water partition coefficient (Wildman–Crippen LogP) is 0.821. The number of alkyl halides is 4. The molecule has 0 aromatic carbocycles. The second-order valence-corrected chi connectivity index (χ2v) is 3.02. The number of carbonyl (C=O) groups is 1. The first-order valence-electron chi connectivity index (χ1n) is 4.29. The first-order chi connectivity index (χ1) is 7.83. The van der Waals surface area contributed by atoms with Gasteiger partial charge in [0, 0.05) is 6.08 Å². The number of hydrogen-bond acceptors (Lipinski definition) is 4. The Morgan fingerprint density at radius 3 is 2.47 bits per heavy atom. The Balaban J connectivity index is 2.53. The minimum absolute atomic E-state index is 0.238. The van der Waals surface area contributed by atoms with Gasteiger partial charge in [0.1, 0.15) is 5.70 Å². The number of carboxylic acids is 1. The van der Waals surface area contributed by atoms with Gasteiger partial charge < -0.3 is 9.84 Å². The molecule has 9 heteroatoms.